The van der Waals surface area contributed by atoms with Gasteiger partial charge in [-0.2, -0.15) is 0 Å². The minimum atomic E-state index is -3.88. The Labute approximate surface area is 201 Å². The van der Waals surface area contributed by atoms with Gasteiger partial charge in [-0.3, -0.25) is 9.05 Å². The normalized spacial score (nSPS) is 18.5. The molecule has 1 saturated heterocycles. The fourth-order valence-electron chi connectivity index (χ4n) is 3.18. The zero-order valence-corrected chi connectivity index (χ0v) is 24.0. The first-order chi connectivity index (χ1) is 14.9. The van der Waals surface area contributed by atoms with E-state index in [1.807, 2.05) is 12.1 Å². The zero-order chi connectivity index (χ0) is 25.2. The maximum atomic E-state index is 13.3. The Morgan fingerprint density at radius 3 is 2.00 bits per heavy atom. The lowest BCUT2D eigenvalue weighted by molar-refractivity contribution is -0.0197. The molecule has 1 aromatic carbocycles. The molecule has 1 fully saturated rings. The average molecular weight is 502 g/mol. The molecule has 0 aromatic heterocycles. The van der Waals surface area contributed by atoms with E-state index < -0.39 is 28.1 Å². The molecule has 0 spiro atoms. The van der Waals surface area contributed by atoms with Crippen LogP contribution in [0.5, 0.6) is 5.75 Å². The molecule has 0 N–H and O–H groups in total. The van der Waals surface area contributed by atoms with Gasteiger partial charge in [-0.05, 0) is 77.7 Å². The number of epoxide rings is 1. The predicted molar refractivity (Wildman–Crippen MR) is 132 cm³/mol. The van der Waals surface area contributed by atoms with Crippen LogP contribution in [0.3, 0.4) is 0 Å². The second kappa shape index (κ2) is 10.5. The van der Waals surface area contributed by atoms with Gasteiger partial charge in [0.25, 0.3) is 0 Å². The van der Waals surface area contributed by atoms with Gasteiger partial charge in [0.15, 0.2) is 6.79 Å². The Hall–Kier alpha value is -0.733. The Morgan fingerprint density at radius 1 is 1.03 bits per heavy atom. The van der Waals surface area contributed by atoms with Crippen LogP contribution in [0, 0.1) is 5.41 Å². The minimum absolute atomic E-state index is 0.114. The summed E-state index contributed by atoms with van der Waals surface area (Å²) < 4.78 is 48.2. The molecule has 1 aromatic rings. The molecule has 0 aliphatic carbocycles. The molecule has 9 heteroatoms. The second-order valence-corrected chi connectivity index (χ2v) is 15.2. The minimum Gasteiger partial charge on any atom is -0.467 e. The van der Waals surface area contributed by atoms with Crippen molar-refractivity contribution in [2.24, 2.45) is 5.41 Å². The number of hydrogen-bond donors (Lipinski definition) is 0. The summed E-state index contributed by atoms with van der Waals surface area (Å²) in [6.07, 6.45) is -0.0677. The molecule has 0 bridgehead atoms. The first-order valence-electron chi connectivity index (χ1n) is 11.4. The number of benzene rings is 1. The van der Waals surface area contributed by atoms with Crippen molar-refractivity contribution in [2.45, 2.75) is 98.8 Å². The predicted octanol–water partition coefficient (Wildman–Crippen LogP) is 7.20. The first-order valence-corrected chi connectivity index (χ1v) is 15.3. The zero-order valence-electron chi connectivity index (χ0n) is 22.1. The van der Waals surface area contributed by atoms with Crippen molar-refractivity contribution in [1.29, 1.82) is 0 Å². The van der Waals surface area contributed by atoms with Gasteiger partial charge in [0.05, 0.1) is 23.9 Å². The largest absolute Gasteiger partial charge is 0.478 e. The second-order valence-electron chi connectivity index (χ2n) is 11.6. The van der Waals surface area contributed by atoms with Crippen LogP contribution in [-0.2, 0) is 27.3 Å². The highest BCUT2D eigenvalue weighted by molar-refractivity contribution is 7.48. The van der Waals surface area contributed by atoms with E-state index in [9.17, 15) is 4.57 Å². The first kappa shape index (κ1) is 28.5. The maximum Gasteiger partial charge on any atom is 0.478 e. The van der Waals surface area contributed by atoms with Gasteiger partial charge >= 0.3 is 7.82 Å². The summed E-state index contributed by atoms with van der Waals surface area (Å²) in [5.41, 5.74) is 0.417. The van der Waals surface area contributed by atoms with Gasteiger partial charge in [-0.1, -0.05) is 26.8 Å². The summed E-state index contributed by atoms with van der Waals surface area (Å²) >= 11 is 0. The average Bonchev–Trinajstić information content (AvgIpc) is 3.40. The fraction of sp³-hybridized carbons (Fsp3) is 0.750. The topological polar surface area (TPSA) is 75.8 Å². The molecular weight excluding hydrogens is 459 g/mol. The van der Waals surface area contributed by atoms with Crippen molar-refractivity contribution >= 4 is 16.9 Å². The standard InChI is InChI=1S/C24H42O7PSi/c1-22(2,3)21(29-33(10)11)18-14-17(20-15-26-20)12-13-19(18)27-16-28-32(25,30-23(4,5)6)31-24(7,8)9/h12-14,20-21H,15-16H2,1-11H3. The van der Waals surface area contributed by atoms with Crippen LogP contribution in [0.25, 0.3) is 0 Å². The molecule has 2 rings (SSSR count). The number of phosphoric ester groups is 1. The highest BCUT2D eigenvalue weighted by atomic mass is 31.2. The van der Waals surface area contributed by atoms with Crippen molar-refractivity contribution in [3.63, 3.8) is 0 Å². The third kappa shape index (κ3) is 9.80. The van der Waals surface area contributed by atoms with Gasteiger partial charge in [-0.15, -0.1) is 0 Å². The summed E-state index contributed by atoms with van der Waals surface area (Å²) in [6, 6.07) is 5.97. The smallest absolute Gasteiger partial charge is 0.467 e. The van der Waals surface area contributed by atoms with Crippen LogP contribution in [0.2, 0.25) is 13.1 Å². The highest BCUT2D eigenvalue weighted by Crippen LogP contribution is 2.55. The van der Waals surface area contributed by atoms with E-state index in [1.165, 1.54) is 0 Å². The van der Waals surface area contributed by atoms with Crippen LogP contribution in [0.15, 0.2) is 18.2 Å². The molecule has 1 heterocycles. The lowest BCUT2D eigenvalue weighted by Gasteiger charge is -2.34. The van der Waals surface area contributed by atoms with E-state index in [1.54, 1.807) is 41.5 Å². The molecule has 2 unspecified atom stereocenters. The monoisotopic (exact) mass is 501 g/mol. The Bertz CT molecular complexity index is 813. The SMILES string of the molecule is C[Si](C)OC(c1cc(C2CO2)ccc1OCOP(=O)(OC(C)(C)C)OC(C)(C)C)C(C)(C)C. The molecule has 0 amide bonds. The summed E-state index contributed by atoms with van der Waals surface area (Å²) in [5, 5.41) is 0. The van der Waals surface area contributed by atoms with E-state index in [0.29, 0.717) is 5.75 Å². The maximum absolute atomic E-state index is 13.3. The number of rotatable bonds is 10. The summed E-state index contributed by atoms with van der Waals surface area (Å²) in [6.45, 7) is 21.9. The Morgan fingerprint density at radius 2 is 1.58 bits per heavy atom. The molecule has 1 radical (unpaired) electrons. The molecular formula is C24H42O7PSi. The molecule has 0 saturated carbocycles. The lowest BCUT2D eigenvalue weighted by Crippen LogP contribution is -2.27. The van der Waals surface area contributed by atoms with E-state index >= 15 is 0 Å². The third-order valence-corrected chi connectivity index (χ3v) is 7.03. The van der Waals surface area contributed by atoms with E-state index in [4.69, 9.17) is 27.5 Å². The lowest BCUT2D eigenvalue weighted by atomic mass is 9.84. The number of ether oxygens (including phenoxy) is 2. The van der Waals surface area contributed by atoms with Crippen molar-refractivity contribution in [1.82, 2.24) is 0 Å². The van der Waals surface area contributed by atoms with Crippen LogP contribution >= 0.6 is 7.82 Å². The van der Waals surface area contributed by atoms with Crippen LogP contribution in [0.1, 0.15) is 85.6 Å². The molecule has 33 heavy (non-hydrogen) atoms. The van der Waals surface area contributed by atoms with Gasteiger partial charge in [0, 0.05) is 5.56 Å². The van der Waals surface area contributed by atoms with E-state index in [2.05, 4.69) is 39.9 Å². The molecule has 1 aliphatic heterocycles. The Balaban J connectivity index is 2.29. The van der Waals surface area contributed by atoms with Crippen molar-refractivity contribution in [2.75, 3.05) is 13.4 Å². The van der Waals surface area contributed by atoms with Crippen LogP contribution in [0.4, 0.5) is 0 Å². The van der Waals surface area contributed by atoms with Crippen LogP contribution in [-0.4, -0.2) is 33.6 Å². The van der Waals surface area contributed by atoms with Crippen molar-refractivity contribution in [3.05, 3.63) is 29.3 Å². The summed E-state index contributed by atoms with van der Waals surface area (Å²) in [5.74, 6) is 0.612. The third-order valence-electron chi connectivity index (χ3n) is 4.36. The highest BCUT2D eigenvalue weighted by Gasteiger charge is 2.38. The summed E-state index contributed by atoms with van der Waals surface area (Å²) in [4.78, 5) is 0. The van der Waals surface area contributed by atoms with Gasteiger partial charge in [0.1, 0.15) is 11.9 Å². The van der Waals surface area contributed by atoms with E-state index in [-0.39, 0.29) is 24.4 Å². The molecule has 1 aliphatic rings. The summed E-state index contributed by atoms with van der Waals surface area (Å²) in [7, 11) is -4.86. The molecule has 189 valence electrons. The number of phosphoric acid groups is 1. The van der Waals surface area contributed by atoms with Crippen molar-refractivity contribution in [3.8, 4) is 5.75 Å². The number of hydrogen-bond acceptors (Lipinski definition) is 7. The molecule has 7 nitrogen and oxygen atoms in total. The Kier molecular flexibility index (Phi) is 9.06. The van der Waals surface area contributed by atoms with Gasteiger partial charge < -0.3 is 13.9 Å². The molecule has 2 atom stereocenters. The van der Waals surface area contributed by atoms with Gasteiger partial charge in [0.2, 0.25) is 9.04 Å². The van der Waals surface area contributed by atoms with E-state index in [0.717, 1.165) is 17.7 Å². The van der Waals surface area contributed by atoms with Gasteiger partial charge in [-0.25, -0.2) is 9.09 Å². The quantitative estimate of drug-likeness (QED) is 0.145. The van der Waals surface area contributed by atoms with Crippen molar-refractivity contribution < 1.29 is 32.0 Å². The fourth-order valence-corrected chi connectivity index (χ4v) is 5.80. The van der Waals surface area contributed by atoms with Crippen LogP contribution < -0.4 is 4.74 Å².